The van der Waals surface area contributed by atoms with Crippen LogP contribution in [0.2, 0.25) is 0 Å². The molecule has 0 aliphatic carbocycles. The van der Waals surface area contributed by atoms with E-state index in [9.17, 15) is 14.5 Å². The second kappa shape index (κ2) is 7.40. The summed E-state index contributed by atoms with van der Waals surface area (Å²) in [4.78, 5) is 12.8. The molecule has 22 heavy (non-hydrogen) atoms. The summed E-state index contributed by atoms with van der Waals surface area (Å²) in [5.41, 5.74) is 0.0126. The summed E-state index contributed by atoms with van der Waals surface area (Å²) < 4.78 is 18.5. The summed E-state index contributed by atoms with van der Waals surface area (Å²) in [5, 5.41) is 14.1. The van der Waals surface area contributed by atoms with Gasteiger partial charge in [0.2, 0.25) is 0 Å². The van der Waals surface area contributed by atoms with Crippen LogP contribution in [0.5, 0.6) is 5.75 Å². The average Bonchev–Trinajstić information content (AvgIpc) is 2.48. The van der Waals surface area contributed by atoms with Gasteiger partial charge in [0.05, 0.1) is 18.1 Å². The van der Waals surface area contributed by atoms with Crippen LogP contribution in [0.25, 0.3) is 0 Å². The first kappa shape index (κ1) is 16.5. The summed E-state index contributed by atoms with van der Waals surface area (Å²) in [7, 11) is 1.34. The lowest BCUT2D eigenvalue weighted by Gasteiger charge is -2.30. The van der Waals surface area contributed by atoms with Crippen molar-refractivity contribution in [1.29, 1.82) is 0 Å². The normalized spacial score (nSPS) is 19.0. The standard InChI is InChI=1S/C15H22FN3O3/c1-11-4-3-6-18(10-11)7-5-17-13-9-15(22-2)12(16)8-14(13)19(20)21/h8-9,11,17H,3-7,10H2,1-2H3. The Kier molecular flexibility index (Phi) is 5.54. The molecule has 1 aromatic rings. The van der Waals surface area contributed by atoms with Crippen molar-refractivity contribution >= 4 is 11.4 Å². The lowest BCUT2D eigenvalue weighted by molar-refractivity contribution is -0.384. The maximum Gasteiger partial charge on any atom is 0.295 e. The average molecular weight is 311 g/mol. The van der Waals surface area contributed by atoms with E-state index in [0.29, 0.717) is 12.5 Å². The van der Waals surface area contributed by atoms with Crippen LogP contribution >= 0.6 is 0 Å². The molecule has 0 spiro atoms. The van der Waals surface area contributed by atoms with Gasteiger partial charge in [-0.1, -0.05) is 6.92 Å². The molecule has 1 aliphatic heterocycles. The molecule has 1 heterocycles. The zero-order valence-electron chi connectivity index (χ0n) is 13.0. The van der Waals surface area contributed by atoms with Crippen molar-refractivity contribution < 1.29 is 14.1 Å². The molecular formula is C15H22FN3O3. The summed E-state index contributed by atoms with van der Waals surface area (Å²) in [5.74, 6) is -0.0432. The van der Waals surface area contributed by atoms with Gasteiger partial charge in [0.15, 0.2) is 11.6 Å². The third-order valence-corrected chi connectivity index (χ3v) is 3.95. The number of nitrogens with zero attached hydrogens (tertiary/aromatic N) is 2. The minimum Gasteiger partial charge on any atom is -0.494 e. The van der Waals surface area contributed by atoms with Crippen LogP contribution in [0.3, 0.4) is 0 Å². The van der Waals surface area contributed by atoms with Crippen LogP contribution in [-0.4, -0.2) is 43.1 Å². The predicted molar refractivity (Wildman–Crippen MR) is 82.9 cm³/mol. The number of piperidine rings is 1. The minimum absolute atomic E-state index is 0.000283. The minimum atomic E-state index is -0.732. The fourth-order valence-corrected chi connectivity index (χ4v) is 2.83. The first-order chi connectivity index (χ1) is 10.5. The highest BCUT2D eigenvalue weighted by atomic mass is 19.1. The lowest BCUT2D eigenvalue weighted by atomic mass is 10.0. The topological polar surface area (TPSA) is 67.6 Å². The Morgan fingerprint density at radius 3 is 2.95 bits per heavy atom. The van der Waals surface area contributed by atoms with Gasteiger partial charge in [0.1, 0.15) is 5.69 Å². The Bertz CT molecular complexity index is 539. The third kappa shape index (κ3) is 4.07. The van der Waals surface area contributed by atoms with Gasteiger partial charge in [0.25, 0.3) is 5.69 Å². The maximum atomic E-state index is 13.6. The molecule has 7 heteroatoms. The molecular weight excluding hydrogens is 289 g/mol. The number of rotatable bonds is 6. The number of nitro benzene ring substituents is 1. The van der Waals surface area contributed by atoms with E-state index in [2.05, 4.69) is 17.1 Å². The van der Waals surface area contributed by atoms with Crippen molar-refractivity contribution in [3.05, 3.63) is 28.1 Å². The summed E-state index contributed by atoms with van der Waals surface area (Å²) in [6.07, 6.45) is 2.44. The Labute approximate surface area is 129 Å². The number of hydrogen-bond acceptors (Lipinski definition) is 5. The Balaban J connectivity index is 2.00. The zero-order chi connectivity index (χ0) is 16.1. The maximum absolute atomic E-state index is 13.6. The van der Waals surface area contributed by atoms with Gasteiger partial charge in [0, 0.05) is 25.7 Å². The Morgan fingerprint density at radius 2 is 2.32 bits per heavy atom. The molecule has 0 radical (unpaired) electrons. The van der Waals surface area contributed by atoms with Gasteiger partial charge in [-0.2, -0.15) is 0 Å². The van der Waals surface area contributed by atoms with Gasteiger partial charge in [-0.25, -0.2) is 4.39 Å². The van der Waals surface area contributed by atoms with Gasteiger partial charge in [-0.3, -0.25) is 10.1 Å². The van der Waals surface area contributed by atoms with Crippen LogP contribution in [0.15, 0.2) is 12.1 Å². The highest BCUT2D eigenvalue weighted by Crippen LogP contribution is 2.31. The molecule has 1 atom stereocenters. The van der Waals surface area contributed by atoms with Crippen molar-refractivity contribution in [2.45, 2.75) is 19.8 Å². The molecule has 0 bridgehead atoms. The summed E-state index contributed by atoms with van der Waals surface area (Å²) in [6, 6.07) is 2.23. The first-order valence-corrected chi connectivity index (χ1v) is 7.49. The van der Waals surface area contributed by atoms with Crippen molar-refractivity contribution in [1.82, 2.24) is 4.90 Å². The van der Waals surface area contributed by atoms with E-state index >= 15 is 0 Å². The fraction of sp³-hybridized carbons (Fsp3) is 0.600. The second-order valence-corrected chi connectivity index (χ2v) is 5.74. The van der Waals surface area contributed by atoms with E-state index in [1.807, 2.05) is 0 Å². The molecule has 0 saturated carbocycles. The van der Waals surface area contributed by atoms with Crippen LogP contribution in [0.4, 0.5) is 15.8 Å². The number of hydrogen-bond donors (Lipinski definition) is 1. The van der Waals surface area contributed by atoms with E-state index < -0.39 is 10.7 Å². The van der Waals surface area contributed by atoms with E-state index in [4.69, 9.17) is 4.74 Å². The number of ether oxygens (including phenoxy) is 1. The monoisotopic (exact) mass is 311 g/mol. The Morgan fingerprint density at radius 1 is 1.55 bits per heavy atom. The molecule has 1 N–H and O–H groups in total. The number of likely N-dealkylation sites (tertiary alicyclic amines) is 1. The molecule has 122 valence electrons. The van der Waals surface area contributed by atoms with Crippen molar-refractivity contribution in [2.75, 3.05) is 38.6 Å². The van der Waals surface area contributed by atoms with Gasteiger partial charge < -0.3 is 15.0 Å². The summed E-state index contributed by atoms with van der Waals surface area (Å²) in [6.45, 7) is 5.72. The molecule has 1 aromatic carbocycles. The highest BCUT2D eigenvalue weighted by molar-refractivity contribution is 5.64. The molecule has 6 nitrogen and oxygen atoms in total. The van der Waals surface area contributed by atoms with Crippen LogP contribution in [0.1, 0.15) is 19.8 Å². The molecule has 0 amide bonds. The predicted octanol–water partition coefficient (Wildman–Crippen LogP) is 2.89. The Hall–Kier alpha value is -1.89. The smallest absolute Gasteiger partial charge is 0.295 e. The van der Waals surface area contributed by atoms with Crippen LogP contribution < -0.4 is 10.1 Å². The fourth-order valence-electron chi connectivity index (χ4n) is 2.83. The van der Waals surface area contributed by atoms with Gasteiger partial charge >= 0.3 is 0 Å². The SMILES string of the molecule is COc1cc(NCCN2CCCC(C)C2)c([N+](=O)[O-])cc1F. The van der Waals surface area contributed by atoms with Crippen LogP contribution in [-0.2, 0) is 0 Å². The van der Waals surface area contributed by atoms with Crippen LogP contribution in [0, 0.1) is 21.8 Å². The van der Waals surface area contributed by atoms with Crippen molar-refractivity contribution in [3.63, 3.8) is 0 Å². The largest absolute Gasteiger partial charge is 0.494 e. The van der Waals surface area contributed by atoms with E-state index in [1.54, 1.807) is 0 Å². The lowest BCUT2D eigenvalue weighted by Crippen LogP contribution is -2.37. The van der Waals surface area contributed by atoms with Crippen molar-refractivity contribution in [2.24, 2.45) is 5.92 Å². The molecule has 1 aliphatic rings. The van der Waals surface area contributed by atoms with Crippen molar-refractivity contribution in [3.8, 4) is 5.75 Å². The highest BCUT2D eigenvalue weighted by Gasteiger charge is 2.20. The van der Waals surface area contributed by atoms with E-state index in [-0.39, 0.29) is 17.1 Å². The van der Waals surface area contributed by atoms with E-state index in [0.717, 1.165) is 25.7 Å². The number of anilines is 1. The molecule has 0 aromatic heterocycles. The van der Waals surface area contributed by atoms with E-state index in [1.165, 1.54) is 26.0 Å². The number of halogens is 1. The number of nitro groups is 1. The summed E-state index contributed by atoms with van der Waals surface area (Å²) >= 11 is 0. The number of nitrogens with one attached hydrogen (secondary N) is 1. The molecule has 1 unspecified atom stereocenters. The quantitative estimate of drug-likeness (QED) is 0.646. The molecule has 2 rings (SSSR count). The number of methoxy groups -OCH3 is 1. The first-order valence-electron chi connectivity index (χ1n) is 7.49. The van der Waals surface area contributed by atoms with Gasteiger partial charge in [-0.05, 0) is 25.3 Å². The van der Waals surface area contributed by atoms with Gasteiger partial charge in [-0.15, -0.1) is 0 Å². The second-order valence-electron chi connectivity index (χ2n) is 5.74. The third-order valence-electron chi connectivity index (χ3n) is 3.95. The molecule has 1 saturated heterocycles. The zero-order valence-corrected chi connectivity index (χ0v) is 13.0. The number of benzene rings is 1. The molecule has 1 fully saturated rings.